The van der Waals surface area contributed by atoms with Crippen LogP contribution >= 0.6 is 11.8 Å². The molecule has 2 aromatic carbocycles. The Labute approximate surface area is 188 Å². The number of anilines is 1. The predicted molar refractivity (Wildman–Crippen MR) is 123 cm³/mol. The van der Waals surface area contributed by atoms with E-state index in [2.05, 4.69) is 15.5 Å². The number of hydrogen-bond acceptors (Lipinski definition) is 6. The number of aromatic nitrogens is 3. The molecule has 0 aliphatic rings. The van der Waals surface area contributed by atoms with Crippen LogP contribution in [0.5, 0.6) is 0 Å². The number of nitrogens with two attached hydrogens (primary N) is 1. The van der Waals surface area contributed by atoms with Gasteiger partial charge in [-0.2, -0.15) is 0 Å². The molecule has 162 valence electrons. The average Bonchev–Trinajstić information content (AvgIpc) is 3.47. The van der Waals surface area contributed by atoms with Crippen LogP contribution in [0.15, 0.2) is 82.6 Å². The predicted octanol–water partition coefficient (Wildman–Crippen LogP) is 3.81. The van der Waals surface area contributed by atoms with Crippen LogP contribution < -0.4 is 11.1 Å². The minimum absolute atomic E-state index is 0.124. The molecule has 0 bridgehead atoms. The quantitative estimate of drug-likeness (QED) is 0.377. The van der Waals surface area contributed by atoms with Crippen molar-refractivity contribution in [2.75, 3.05) is 11.1 Å². The van der Waals surface area contributed by atoms with Crippen molar-refractivity contribution < 1.29 is 14.0 Å². The molecule has 2 heterocycles. The van der Waals surface area contributed by atoms with Crippen LogP contribution in [0.25, 0.3) is 22.7 Å². The van der Waals surface area contributed by atoms with Crippen LogP contribution in [0.2, 0.25) is 0 Å². The summed E-state index contributed by atoms with van der Waals surface area (Å²) in [5.41, 5.74) is 8.20. The van der Waals surface area contributed by atoms with Crippen molar-refractivity contribution in [3.05, 3.63) is 73.0 Å². The summed E-state index contributed by atoms with van der Waals surface area (Å²) in [6.45, 7) is 0.295. The van der Waals surface area contributed by atoms with Gasteiger partial charge in [0.25, 0.3) is 0 Å². The third-order valence-electron chi connectivity index (χ3n) is 4.65. The van der Waals surface area contributed by atoms with E-state index in [9.17, 15) is 9.59 Å². The zero-order chi connectivity index (χ0) is 22.3. The maximum Gasteiger partial charge on any atom is 0.234 e. The van der Waals surface area contributed by atoms with Crippen LogP contribution in [0.1, 0.15) is 6.42 Å². The number of nitrogens with zero attached hydrogens (tertiary/aromatic N) is 3. The van der Waals surface area contributed by atoms with Gasteiger partial charge in [-0.1, -0.05) is 54.2 Å². The molecule has 2 amide bonds. The van der Waals surface area contributed by atoms with Crippen molar-refractivity contribution in [2.45, 2.75) is 18.1 Å². The topological polar surface area (TPSA) is 116 Å². The summed E-state index contributed by atoms with van der Waals surface area (Å²) in [6.07, 6.45) is 1.66. The standard InChI is InChI=1S/C23H21N5O3S/c24-20(29)12-13-28-22(19-7-4-14-31-19)26-27-23(28)32-15-21(30)25-18-10-8-17(9-11-18)16-5-2-1-3-6-16/h1-11,14H,12-13,15H2,(H2,24,29)(H,25,30). The lowest BCUT2D eigenvalue weighted by Crippen LogP contribution is -2.16. The summed E-state index contributed by atoms with van der Waals surface area (Å²) < 4.78 is 7.13. The molecule has 4 aromatic rings. The Kier molecular flexibility index (Phi) is 6.66. The van der Waals surface area contributed by atoms with E-state index in [0.717, 1.165) is 11.1 Å². The number of hydrogen-bond donors (Lipinski definition) is 2. The summed E-state index contributed by atoms with van der Waals surface area (Å²) in [5, 5.41) is 11.7. The summed E-state index contributed by atoms with van der Waals surface area (Å²) in [4.78, 5) is 23.7. The second-order valence-electron chi connectivity index (χ2n) is 6.93. The van der Waals surface area contributed by atoms with Gasteiger partial charge in [0.15, 0.2) is 16.7 Å². The lowest BCUT2D eigenvalue weighted by molar-refractivity contribution is -0.118. The Morgan fingerprint density at radius 2 is 1.72 bits per heavy atom. The maximum atomic E-state index is 12.5. The molecule has 3 N–H and O–H groups in total. The molecule has 2 aromatic heterocycles. The minimum atomic E-state index is -0.434. The first-order chi connectivity index (χ1) is 15.6. The molecule has 0 radical (unpaired) electrons. The molecule has 0 aliphatic carbocycles. The highest BCUT2D eigenvalue weighted by Gasteiger charge is 2.18. The summed E-state index contributed by atoms with van der Waals surface area (Å²) in [6, 6.07) is 21.2. The highest BCUT2D eigenvalue weighted by molar-refractivity contribution is 7.99. The van der Waals surface area contributed by atoms with E-state index in [1.165, 1.54) is 18.0 Å². The van der Waals surface area contributed by atoms with Crippen molar-refractivity contribution in [1.29, 1.82) is 0 Å². The molecule has 0 spiro atoms. The molecular weight excluding hydrogens is 426 g/mol. The number of thioether (sulfide) groups is 1. The third kappa shape index (κ3) is 5.25. The summed E-state index contributed by atoms with van der Waals surface area (Å²) in [5.74, 6) is 0.531. The van der Waals surface area contributed by atoms with Gasteiger partial charge in [-0.15, -0.1) is 10.2 Å². The SMILES string of the molecule is NC(=O)CCn1c(SCC(=O)Nc2ccc(-c3ccccc3)cc2)nnc1-c1ccco1. The fourth-order valence-electron chi connectivity index (χ4n) is 3.11. The van der Waals surface area contributed by atoms with E-state index in [-0.39, 0.29) is 18.1 Å². The molecule has 4 rings (SSSR count). The van der Waals surface area contributed by atoms with E-state index >= 15 is 0 Å². The molecule has 0 atom stereocenters. The number of primary amides is 1. The number of amides is 2. The Morgan fingerprint density at radius 3 is 2.41 bits per heavy atom. The van der Waals surface area contributed by atoms with E-state index in [1.54, 1.807) is 16.7 Å². The normalized spacial score (nSPS) is 10.8. The van der Waals surface area contributed by atoms with Gasteiger partial charge >= 0.3 is 0 Å². The lowest BCUT2D eigenvalue weighted by Gasteiger charge is -2.09. The summed E-state index contributed by atoms with van der Waals surface area (Å²) >= 11 is 1.23. The van der Waals surface area contributed by atoms with Gasteiger partial charge in [-0.05, 0) is 35.4 Å². The van der Waals surface area contributed by atoms with Crippen molar-refractivity contribution >= 4 is 29.3 Å². The smallest absolute Gasteiger partial charge is 0.234 e. The van der Waals surface area contributed by atoms with Crippen molar-refractivity contribution in [1.82, 2.24) is 14.8 Å². The molecule has 0 saturated carbocycles. The van der Waals surface area contributed by atoms with Gasteiger partial charge < -0.3 is 15.5 Å². The highest BCUT2D eigenvalue weighted by atomic mass is 32.2. The molecule has 8 nitrogen and oxygen atoms in total. The maximum absolute atomic E-state index is 12.5. The zero-order valence-corrected chi connectivity index (χ0v) is 17.9. The van der Waals surface area contributed by atoms with Crippen molar-refractivity contribution in [3.8, 4) is 22.7 Å². The van der Waals surface area contributed by atoms with E-state index < -0.39 is 5.91 Å². The number of carbonyl (C=O) groups excluding carboxylic acids is 2. The molecule has 0 unspecified atom stereocenters. The van der Waals surface area contributed by atoms with Gasteiger partial charge in [0.2, 0.25) is 11.8 Å². The Morgan fingerprint density at radius 1 is 0.969 bits per heavy atom. The Hall–Kier alpha value is -3.85. The van der Waals surface area contributed by atoms with Gasteiger partial charge in [0.05, 0.1) is 12.0 Å². The minimum Gasteiger partial charge on any atom is -0.461 e. The van der Waals surface area contributed by atoms with Crippen LogP contribution in [-0.2, 0) is 16.1 Å². The summed E-state index contributed by atoms with van der Waals surface area (Å²) in [7, 11) is 0. The molecule has 32 heavy (non-hydrogen) atoms. The molecule has 0 aliphatic heterocycles. The Balaban J connectivity index is 1.40. The van der Waals surface area contributed by atoms with Crippen molar-refractivity contribution in [2.24, 2.45) is 5.73 Å². The van der Waals surface area contributed by atoms with Gasteiger partial charge in [0, 0.05) is 18.7 Å². The molecule has 0 saturated heterocycles. The number of rotatable bonds is 9. The fourth-order valence-corrected chi connectivity index (χ4v) is 3.88. The van der Waals surface area contributed by atoms with Gasteiger partial charge in [0.1, 0.15) is 0 Å². The van der Waals surface area contributed by atoms with Crippen LogP contribution in [0.4, 0.5) is 5.69 Å². The van der Waals surface area contributed by atoms with E-state index in [4.69, 9.17) is 10.2 Å². The molecule has 9 heteroatoms. The molecule has 0 fully saturated rings. The zero-order valence-electron chi connectivity index (χ0n) is 17.1. The number of benzene rings is 2. The van der Waals surface area contributed by atoms with Crippen LogP contribution in [0, 0.1) is 0 Å². The molecular formula is C23H21N5O3S. The van der Waals surface area contributed by atoms with Crippen LogP contribution in [-0.4, -0.2) is 32.3 Å². The second kappa shape index (κ2) is 9.97. The number of carbonyl (C=O) groups is 2. The number of nitrogens with one attached hydrogen (secondary N) is 1. The van der Waals surface area contributed by atoms with Gasteiger partial charge in [-0.3, -0.25) is 14.2 Å². The first-order valence-corrected chi connectivity index (χ1v) is 10.9. The van der Waals surface area contributed by atoms with E-state index in [1.807, 2.05) is 54.6 Å². The third-order valence-corrected chi connectivity index (χ3v) is 5.62. The largest absolute Gasteiger partial charge is 0.461 e. The Bertz CT molecular complexity index is 1190. The lowest BCUT2D eigenvalue weighted by atomic mass is 10.1. The average molecular weight is 448 g/mol. The highest BCUT2D eigenvalue weighted by Crippen LogP contribution is 2.25. The van der Waals surface area contributed by atoms with Gasteiger partial charge in [-0.25, -0.2) is 0 Å². The van der Waals surface area contributed by atoms with E-state index in [0.29, 0.717) is 29.0 Å². The van der Waals surface area contributed by atoms with Crippen molar-refractivity contribution in [3.63, 3.8) is 0 Å². The monoisotopic (exact) mass is 447 g/mol. The fraction of sp³-hybridized carbons (Fsp3) is 0.130. The van der Waals surface area contributed by atoms with Crippen LogP contribution in [0.3, 0.4) is 0 Å². The number of furan rings is 1. The second-order valence-corrected chi connectivity index (χ2v) is 7.87. The first-order valence-electron chi connectivity index (χ1n) is 9.93. The first kappa shape index (κ1) is 21.4.